The van der Waals surface area contributed by atoms with Gasteiger partial charge in [0.15, 0.2) is 0 Å². The number of nitrogens with one attached hydrogen (secondary N) is 1. The summed E-state index contributed by atoms with van der Waals surface area (Å²) in [5.41, 5.74) is 4.03. The van der Waals surface area contributed by atoms with E-state index in [-0.39, 0.29) is 11.8 Å². The van der Waals surface area contributed by atoms with Crippen LogP contribution in [0.2, 0.25) is 0 Å². The fourth-order valence-corrected chi connectivity index (χ4v) is 5.26. The summed E-state index contributed by atoms with van der Waals surface area (Å²) in [6, 6.07) is 29.7. The molecule has 1 aliphatic rings. The molecule has 0 atom stereocenters. The number of nitrogens with zero attached hydrogens (tertiary/aromatic N) is 1. The van der Waals surface area contributed by atoms with Crippen LogP contribution in [0.25, 0.3) is 10.8 Å². The molecule has 0 radical (unpaired) electrons. The first-order valence-corrected chi connectivity index (χ1v) is 13.1. The van der Waals surface area contributed by atoms with E-state index in [2.05, 4.69) is 12.2 Å². The van der Waals surface area contributed by atoms with E-state index in [1.165, 1.54) is 22.2 Å². The number of benzene rings is 4. The molecule has 0 aromatic heterocycles. The zero-order valence-corrected chi connectivity index (χ0v) is 21.3. The molecular weight excluding hydrogens is 464 g/mol. The number of anilines is 2. The molecule has 0 fully saturated rings. The van der Waals surface area contributed by atoms with Gasteiger partial charge >= 0.3 is 0 Å². The fourth-order valence-electron chi connectivity index (χ4n) is 4.33. The highest BCUT2D eigenvalue weighted by molar-refractivity contribution is 8.04. The van der Waals surface area contributed by atoms with Gasteiger partial charge in [0.05, 0.1) is 5.69 Å². The first-order chi connectivity index (χ1) is 17.5. The van der Waals surface area contributed by atoms with Gasteiger partial charge in [0.2, 0.25) is 0 Å². The minimum absolute atomic E-state index is 0.303. The lowest BCUT2D eigenvalue weighted by atomic mass is 10.1. The summed E-state index contributed by atoms with van der Waals surface area (Å²) in [4.78, 5) is 30.0. The van der Waals surface area contributed by atoms with Crippen LogP contribution in [0.5, 0.6) is 0 Å². The average Bonchev–Trinajstić information content (AvgIpc) is 3.13. The monoisotopic (exact) mass is 492 g/mol. The van der Waals surface area contributed by atoms with Gasteiger partial charge in [-0.15, -0.1) is 0 Å². The molecule has 1 heterocycles. The van der Waals surface area contributed by atoms with Crippen molar-refractivity contribution in [2.45, 2.75) is 38.0 Å². The number of unbranched alkanes of at least 4 members (excludes halogenated alkanes) is 1. The largest absolute Gasteiger partial charge is 0.349 e. The zero-order chi connectivity index (χ0) is 25.1. The van der Waals surface area contributed by atoms with E-state index in [0.29, 0.717) is 16.3 Å². The van der Waals surface area contributed by atoms with Crippen LogP contribution in [0, 0.1) is 6.92 Å². The number of carbonyl (C=O) groups excluding carboxylic acids is 2. The van der Waals surface area contributed by atoms with Crippen molar-refractivity contribution in [2.24, 2.45) is 0 Å². The third kappa shape index (κ3) is 4.79. The molecule has 0 saturated heterocycles. The molecule has 0 spiro atoms. The van der Waals surface area contributed by atoms with E-state index >= 15 is 0 Å². The number of carbonyl (C=O) groups is 2. The Hall–Kier alpha value is -3.83. The van der Waals surface area contributed by atoms with Gasteiger partial charge in [0, 0.05) is 16.0 Å². The van der Waals surface area contributed by atoms with Crippen LogP contribution in [0.3, 0.4) is 0 Å². The number of hydrogen-bond acceptors (Lipinski definition) is 4. The second-order valence-corrected chi connectivity index (χ2v) is 10.1. The second kappa shape index (κ2) is 10.4. The average molecular weight is 493 g/mol. The minimum atomic E-state index is -0.344. The van der Waals surface area contributed by atoms with E-state index in [1.807, 2.05) is 97.9 Å². The van der Waals surface area contributed by atoms with Gasteiger partial charge < -0.3 is 5.32 Å². The molecule has 1 N–H and O–H groups in total. The Bertz CT molecular complexity index is 1450. The van der Waals surface area contributed by atoms with Crippen molar-refractivity contribution >= 4 is 45.7 Å². The molecular formula is C31H28N2O2S. The Morgan fingerprint density at radius 2 is 1.53 bits per heavy atom. The number of thioether (sulfide) groups is 1. The molecule has 0 unspecified atom stereocenters. The maximum atomic E-state index is 13.7. The lowest BCUT2D eigenvalue weighted by Gasteiger charge is -2.16. The summed E-state index contributed by atoms with van der Waals surface area (Å²) in [6.45, 7) is 4.19. The van der Waals surface area contributed by atoms with Crippen molar-refractivity contribution in [3.63, 3.8) is 0 Å². The van der Waals surface area contributed by atoms with E-state index in [1.54, 1.807) is 0 Å². The quantitative estimate of drug-likeness (QED) is 0.259. The molecule has 4 nitrogen and oxygen atoms in total. The lowest BCUT2D eigenvalue weighted by molar-refractivity contribution is -0.120. The van der Waals surface area contributed by atoms with Gasteiger partial charge in [-0.3, -0.25) is 9.59 Å². The molecule has 0 aliphatic carbocycles. The topological polar surface area (TPSA) is 49.4 Å². The summed E-state index contributed by atoms with van der Waals surface area (Å²) in [5.74, 6) is -0.654. The molecule has 180 valence electrons. The Morgan fingerprint density at radius 3 is 2.28 bits per heavy atom. The Labute approximate surface area is 216 Å². The SMILES string of the molecule is CCCCc1ccc(N2C(=O)C(Nc3cccc4ccccc34)=C(Sc3ccc(C)cc3)C2=O)cc1. The molecule has 5 rings (SSSR count). The van der Waals surface area contributed by atoms with Crippen LogP contribution in [0.15, 0.2) is 106 Å². The zero-order valence-electron chi connectivity index (χ0n) is 20.5. The van der Waals surface area contributed by atoms with Crippen LogP contribution in [0.4, 0.5) is 11.4 Å². The number of aryl methyl sites for hydroxylation is 2. The summed E-state index contributed by atoms with van der Waals surface area (Å²) in [5, 5.41) is 5.39. The third-order valence-electron chi connectivity index (χ3n) is 6.35. The Balaban J connectivity index is 1.53. The number of amides is 2. The summed E-state index contributed by atoms with van der Waals surface area (Å²) < 4.78 is 0. The second-order valence-electron chi connectivity index (χ2n) is 8.99. The van der Waals surface area contributed by atoms with Crippen molar-refractivity contribution in [3.05, 3.63) is 113 Å². The highest BCUT2D eigenvalue weighted by atomic mass is 32.2. The van der Waals surface area contributed by atoms with Crippen LogP contribution in [-0.4, -0.2) is 11.8 Å². The van der Waals surface area contributed by atoms with E-state index < -0.39 is 0 Å². The van der Waals surface area contributed by atoms with E-state index in [0.717, 1.165) is 46.2 Å². The maximum Gasteiger partial charge on any atom is 0.283 e. The molecule has 4 aromatic carbocycles. The van der Waals surface area contributed by atoms with E-state index in [4.69, 9.17) is 0 Å². The minimum Gasteiger partial charge on any atom is -0.349 e. The van der Waals surface area contributed by atoms with Crippen molar-refractivity contribution in [2.75, 3.05) is 10.2 Å². The van der Waals surface area contributed by atoms with Crippen LogP contribution >= 0.6 is 11.8 Å². The van der Waals surface area contributed by atoms with Gasteiger partial charge in [-0.25, -0.2) is 4.90 Å². The smallest absolute Gasteiger partial charge is 0.283 e. The Morgan fingerprint density at radius 1 is 0.806 bits per heavy atom. The van der Waals surface area contributed by atoms with Crippen molar-refractivity contribution in [3.8, 4) is 0 Å². The predicted molar refractivity (Wildman–Crippen MR) is 149 cm³/mol. The first kappa shape index (κ1) is 23.9. The summed E-state index contributed by atoms with van der Waals surface area (Å²) in [6.07, 6.45) is 3.22. The van der Waals surface area contributed by atoms with Gasteiger partial charge in [-0.1, -0.05) is 91.3 Å². The highest BCUT2D eigenvalue weighted by Gasteiger charge is 2.40. The highest BCUT2D eigenvalue weighted by Crippen LogP contribution is 2.38. The number of rotatable bonds is 8. The lowest BCUT2D eigenvalue weighted by Crippen LogP contribution is -2.32. The number of fused-ring (bicyclic) bond motifs is 1. The van der Waals surface area contributed by atoms with Crippen molar-refractivity contribution in [1.82, 2.24) is 0 Å². The van der Waals surface area contributed by atoms with Gasteiger partial charge in [0.25, 0.3) is 11.8 Å². The van der Waals surface area contributed by atoms with Crippen LogP contribution in [-0.2, 0) is 16.0 Å². The molecule has 5 heteroatoms. The third-order valence-corrected chi connectivity index (χ3v) is 7.44. The molecule has 0 bridgehead atoms. The van der Waals surface area contributed by atoms with E-state index in [9.17, 15) is 9.59 Å². The number of hydrogen-bond donors (Lipinski definition) is 1. The van der Waals surface area contributed by atoms with Crippen LogP contribution < -0.4 is 10.2 Å². The van der Waals surface area contributed by atoms with Gasteiger partial charge in [0.1, 0.15) is 10.6 Å². The maximum absolute atomic E-state index is 13.7. The van der Waals surface area contributed by atoms with Crippen LogP contribution in [0.1, 0.15) is 30.9 Å². The molecule has 4 aromatic rings. The molecule has 0 saturated carbocycles. The molecule has 1 aliphatic heterocycles. The summed E-state index contributed by atoms with van der Waals surface area (Å²) >= 11 is 1.32. The van der Waals surface area contributed by atoms with Gasteiger partial charge in [-0.05, 0) is 61.0 Å². The normalized spacial score (nSPS) is 13.7. The van der Waals surface area contributed by atoms with Crippen molar-refractivity contribution < 1.29 is 9.59 Å². The first-order valence-electron chi connectivity index (χ1n) is 12.3. The van der Waals surface area contributed by atoms with Gasteiger partial charge in [-0.2, -0.15) is 0 Å². The summed E-state index contributed by atoms with van der Waals surface area (Å²) in [7, 11) is 0. The molecule has 2 amide bonds. The predicted octanol–water partition coefficient (Wildman–Crippen LogP) is 7.48. The standard InChI is InChI=1S/C31H28N2O2S/c1-3-4-8-22-15-17-24(18-16-22)33-30(34)28(29(31(33)35)36-25-19-13-21(2)14-20-25)32-27-12-7-10-23-9-5-6-11-26(23)27/h5-7,9-20,32H,3-4,8H2,1-2H3. The van der Waals surface area contributed by atoms with Crippen molar-refractivity contribution in [1.29, 1.82) is 0 Å². The number of imide groups is 1. The Kier molecular flexibility index (Phi) is 6.92. The fraction of sp³-hybridized carbons (Fsp3) is 0.161. The molecule has 36 heavy (non-hydrogen) atoms.